The minimum absolute atomic E-state index is 0.0901. The van der Waals surface area contributed by atoms with Gasteiger partial charge in [0.25, 0.3) is 11.8 Å². The fourth-order valence-corrected chi connectivity index (χ4v) is 2.99. The number of aromatic nitrogens is 1. The third-order valence-electron chi connectivity index (χ3n) is 4.52. The zero-order chi connectivity index (χ0) is 18.6. The second kappa shape index (κ2) is 11.3. The van der Waals surface area contributed by atoms with Gasteiger partial charge in [-0.1, -0.05) is 19.3 Å². The van der Waals surface area contributed by atoms with E-state index in [1.54, 1.807) is 0 Å². The standard InChI is InChI=1S/C20H29N3O3/c24-18(10-4-3-7-17-23-19(25)11-12-20(23)26)21-13-5-1-2-6-14-22-15-8-9-16-22/h8-9,11-12,15-16H,1-7,10,13-14,17H2,(H,21,24). The first-order valence-corrected chi connectivity index (χ1v) is 9.58. The maximum atomic E-state index is 11.8. The molecule has 1 aromatic heterocycles. The molecule has 0 aromatic carbocycles. The van der Waals surface area contributed by atoms with Crippen LogP contribution in [0.4, 0.5) is 0 Å². The molecule has 0 spiro atoms. The first-order valence-electron chi connectivity index (χ1n) is 9.58. The Balaban J connectivity index is 1.37. The predicted octanol–water partition coefficient (Wildman–Crippen LogP) is 2.65. The third-order valence-corrected chi connectivity index (χ3v) is 4.52. The number of hydrogen-bond donors (Lipinski definition) is 1. The summed E-state index contributed by atoms with van der Waals surface area (Å²) >= 11 is 0. The van der Waals surface area contributed by atoms with Crippen LogP contribution in [0.2, 0.25) is 0 Å². The van der Waals surface area contributed by atoms with Gasteiger partial charge in [-0.05, 0) is 37.8 Å². The van der Waals surface area contributed by atoms with Crippen LogP contribution in [-0.4, -0.2) is 40.3 Å². The number of rotatable bonds is 13. The van der Waals surface area contributed by atoms with Gasteiger partial charge < -0.3 is 9.88 Å². The number of nitrogens with one attached hydrogen (secondary N) is 1. The number of carbonyl (C=O) groups is 3. The Morgan fingerprint density at radius 3 is 2.15 bits per heavy atom. The van der Waals surface area contributed by atoms with Crippen LogP contribution in [0, 0.1) is 0 Å². The lowest BCUT2D eigenvalue weighted by atomic mass is 10.1. The van der Waals surface area contributed by atoms with E-state index >= 15 is 0 Å². The van der Waals surface area contributed by atoms with Crippen LogP contribution in [0.15, 0.2) is 36.7 Å². The Hall–Kier alpha value is -2.37. The molecule has 0 saturated heterocycles. The first-order chi connectivity index (χ1) is 12.7. The normalized spacial score (nSPS) is 13.6. The van der Waals surface area contributed by atoms with Crippen molar-refractivity contribution in [3.05, 3.63) is 36.7 Å². The molecule has 0 atom stereocenters. The van der Waals surface area contributed by atoms with E-state index in [0.29, 0.717) is 13.0 Å². The molecular formula is C20H29N3O3. The maximum absolute atomic E-state index is 11.8. The summed E-state index contributed by atoms with van der Waals surface area (Å²) in [5.41, 5.74) is 0. The fourth-order valence-electron chi connectivity index (χ4n) is 2.99. The second-order valence-electron chi connectivity index (χ2n) is 6.66. The molecule has 0 unspecified atom stereocenters. The molecule has 1 N–H and O–H groups in total. The van der Waals surface area contributed by atoms with Gasteiger partial charge in [0, 0.05) is 50.6 Å². The van der Waals surface area contributed by atoms with Gasteiger partial charge in [-0.15, -0.1) is 0 Å². The van der Waals surface area contributed by atoms with Gasteiger partial charge >= 0.3 is 0 Å². The summed E-state index contributed by atoms with van der Waals surface area (Å²) in [5.74, 6) is -0.380. The Kier molecular flexibility index (Phi) is 8.66. The molecule has 2 heterocycles. The van der Waals surface area contributed by atoms with E-state index in [1.165, 1.54) is 29.9 Å². The molecule has 0 radical (unpaired) electrons. The molecule has 6 heteroatoms. The molecule has 3 amide bonds. The van der Waals surface area contributed by atoms with E-state index in [1.807, 2.05) is 12.1 Å². The van der Waals surface area contributed by atoms with E-state index in [4.69, 9.17) is 0 Å². The van der Waals surface area contributed by atoms with Crippen molar-refractivity contribution in [2.75, 3.05) is 13.1 Å². The van der Waals surface area contributed by atoms with Gasteiger partial charge in [0.05, 0.1) is 0 Å². The zero-order valence-electron chi connectivity index (χ0n) is 15.4. The lowest BCUT2D eigenvalue weighted by molar-refractivity contribution is -0.136. The van der Waals surface area contributed by atoms with Gasteiger partial charge in [-0.3, -0.25) is 19.3 Å². The van der Waals surface area contributed by atoms with E-state index in [-0.39, 0.29) is 17.7 Å². The predicted molar refractivity (Wildman–Crippen MR) is 100 cm³/mol. The van der Waals surface area contributed by atoms with Gasteiger partial charge in [0.2, 0.25) is 5.91 Å². The van der Waals surface area contributed by atoms with E-state index < -0.39 is 0 Å². The summed E-state index contributed by atoms with van der Waals surface area (Å²) < 4.78 is 2.19. The summed E-state index contributed by atoms with van der Waals surface area (Å²) in [4.78, 5) is 35.8. The smallest absolute Gasteiger partial charge is 0.253 e. The van der Waals surface area contributed by atoms with Gasteiger partial charge in [-0.25, -0.2) is 0 Å². The van der Waals surface area contributed by atoms with Crippen molar-refractivity contribution in [1.29, 1.82) is 0 Å². The molecule has 1 aliphatic heterocycles. The molecule has 26 heavy (non-hydrogen) atoms. The van der Waals surface area contributed by atoms with Gasteiger partial charge in [-0.2, -0.15) is 0 Å². The Bertz CT molecular complexity index is 590. The zero-order valence-corrected chi connectivity index (χ0v) is 15.4. The van der Waals surface area contributed by atoms with Crippen molar-refractivity contribution in [2.45, 2.75) is 57.9 Å². The van der Waals surface area contributed by atoms with Crippen molar-refractivity contribution in [3.8, 4) is 0 Å². The minimum Gasteiger partial charge on any atom is -0.356 e. The molecule has 0 bridgehead atoms. The van der Waals surface area contributed by atoms with E-state index in [2.05, 4.69) is 22.3 Å². The average molecular weight is 359 g/mol. The quantitative estimate of drug-likeness (QED) is 0.435. The highest BCUT2D eigenvalue weighted by molar-refractivity contribution is 6.12. The summed E-state index contributed by atoms with van der Waals surface area (Å²) in [7, 11) is 0. The lowest BCUT2D eigenvalue weighted by Gasteiger charge is -2.13. The molecule has 0 saturated carbocycles. The van der Waals surface area contributed by atoms with E-state index in [0.717, 1.165) is 45.2 Å². The lowest BCUT2D eigenvalue weighted by Crippen LogP contribution is -2.30. The number of unbranched alkanes of at least 4 members (excludes halogenated alkanes) is 5. The Morgan fingerprint density at radius 1 is 0.808 bits per heavy atom. The van der Waals surface area contributed by atoms with E-state index in [9.17, 15) is 14.4 Å². The molecule has 142 valence electrons. The summed E-state index contributed by atoms with van der Waals surface area (Å²) in [5, 5.41) is 2.96. The van der Waals surface area contributed by atoms with Crippen molar-refractivity contribution < 1.29 is 14.4 Å². The Morgan fingerprint density at radius 2 is 1.42 bits per heavy atom. The highest BCUT2D eigenvalue weighted by atomic mass is 16.2. The van der Waals surface area contributed by atoms with Crippen LogP contribution in [0.25, 0.3) is 0 Å². The SMILES string of the molecule is O=C(CCCCCN1C(=O)C=CC1=O)NCCCCCCn1cccc1. The van der Waals surface area contributed by atoms with Crippen LogP contribution < -0.4 is 5.32 Å². The third kappa shape index (κ3) is 7.25. The highest BCUT2D eigenvalue weighted by Gasteiger charge is 2.22. The first kappa shape index (κ1) is 19.9. The summed E-state index contributed by atoms with van der Waals surface area (Å²) in [6.45, 7) is 2.24. The molecule has 1 aliphatic rings. The van der Waals surface area contributed by atoms with Crippen LogP contribution in [0.3, 0.4) is 0 Å². The van der Waals surface area contributed by atoms with Crippen LogP contribution in [0.5, 0.6) is 0 Å². The number of hydrogen-bond acceptors (Lipinski definition) is 3. The monoisotopic (exact) mass is 359 g/mol. The van der Waals surface area contributed by atoms with Crippen molar-refractivity contribution in [2.24, 2.45) is 0 Å². The van der Waals surface area contributed by atoms with Crippen molar-refractivity contribution in [3.63, 3.8) is 0 Å². The van der Waals surface area contributed by atoms with Gasteiger partial charge in [0.1, 0.15) is 0 Å². The summed E-state index contributed by atoms with van der Waals surface area (Å²) in [6.07, 6.45) is 14.1. The molecule has 0 fully saturated rings. The number of imide groups is 1. The molecular weight excluding hydrogens is 330 g/mol. The Labute approximate surface area is 155 Å². The maximum Gasteiger partial charge on any atom is 0.253 e. The number of aryl methyl sites for hydroxylation is 1. The highest BCUT2D eigenvalue weighted by Crippen LogP contribution is 2.08. The van der Waals surface area contributed by atoms with Crippen LogP contribution in [-0.2, 0) is 20.9 Å². The summed E-state index contributed by atoms with van der Waals surface area (Å²) in [6, 6.07) is 4.08. The minimum atomic E-state index is -0.235. The molecule has 0 aliphatic carbocycles. The molecule has 1 aromatic rings. The molecule has 2 rings (SSSR count). The number of carbonyl (C=O) groups excluding carboxylic acids is 3. The molecule has 6 nitrogen and oxygen atoms in total. The van der Waals surface area contributed by atoms with Crippen molar-refractivity contribution in [1.82, 2.24) is 14.8 Å². The fraction of sp³-hybridized carbons (Fsp3) is 0.550. The topological polar surface area (TPSA) is 71.4 Å². The number of amides is 3. The van der Waals surface area contributed by atoms with Crippen LogP contribution >= 0.6 is 0 Å². The average Bonchev–Trinajstić information content (AvgIpc) is 3.25. The van der Waals surface area contributed by atoms with Crippen LogP contribution in [0.1, 0.15) is 51.4 Å². The van der Waals surface area contributed by atoms with Crippen molar-refractivity contribution >= 4 is 17.7 Å². The largest absolute Gasteiger partial charge is 0.356 e. The number of nitrogens with zero attached hydrogens (tertiary/aromatic N) is 2. The van der Waals surface area contributed by atoms with Gasteiger partial charge in [0.15, 0.2) is 0 Å². The second-order valence-corrected chi connectivity index (χ2v) is 6.66.